The van der Waals surface area contributed by atoms with E-state index >= 15 is 0 Å². The van der Waals surface area contributed by atoms with Crippen molar-refractivity contribution in [2.45, 2.75) is 19.9 Å². The summed E-state index contributed by atoms with van der Waals surface area (Å²) >= 11 is 0. The largest absolute Gasteiger partial charge is 0.496 e. The summed E-state index contributed by atoms with van der Waals surface area (Å²) < 4.78 is 5.39. The fourth-order valence-electron chi connectivity index (χ4n) is 1.92. The van der Waals surface area contributed by atoms with Crippen molar-refractivity contribution in [1.29, 1.82) is 0 Å². The summed E-state index contributed by atoms with van der Waals surface area (Å²) in [6.07, 6.45) is 1.82. The van der Waals surface area contributed by atoms with Crippen LogP contribution in [0.4, 0.5) is 0 Å². The predicted octanol–water partition coefficient (Wildman–Crippen LogP) is 2.76. The zero-order valence-electron chi connectivity index (χ0n) is 11.0. The second-order valence-electron chi connectivity index (χ2n) is 4.46. The minimum Gasteiger partial charge on any atom is -0.496 e. The number of aromatic nitrogens is 1. The zero-order chi connectivity index (χ0) is 13.1. The summed E-state index contributed by atoms with van der Waals surface area (Å²) in [4.78, 5) is 4.28. The Kier molecular flexibility index (Phi) is 3.63. The molecular weight excluding hydrogens is 224 g/mol. The maximum absolute atomic E-state index is 6.27. The van der Waals surface area contributed by atoms with Crippen LogP contribution in [0.1, 0.15) is 28.4 Å². The Bertz CT molecular complexity index is 535. The van der Waals surface area contributed by atoms with Crippen molar-refractivity contribution < 1.29 is 4.74 Å². The van der Waals surface area contributed by atoms with Gasteiger partial charge in [-0.15, -0.1) is 0 Å². The molecule has 1 aromatic heterocycles. The Balaban J connectivity index is 2.39. The lowest BCUT2D eigenvalue weighted by Crippen LogP contribution is -2.13. The summed E-state index contributed by atoms with van der Waals surface area (Å²) in [6, 6.07) is 9.81. The summed E-state index contributed by atoms with van der Waals surface area (Å²) in [5, 5.41) is 0. The van der Waals surface area contributed by atoms with E-state index in [1.807, 2.05) is 50.4 Å². The first kappa shape index (κ1) is 12.6. The van der Waals surface area contributed by atoms with Gasteiger partial charge in [-0.05, 0) is 37.1 Å². The molecule has 0 bridgehead atoms. The number of ether oxygens (including phenoxy) is 1. The molecule has 3 heteroatoms. The Labute approximate surface area is 108 Å². The number of hydrogen-bond donors (Lipinski definition) is 1. The molecule has 2 aromatic rings. The molecule has 0 aliphatic heterocycles. The minimum atomic E-state index is -0.214. The van der Waals surface area contributed by atoms with Crippen molar-refractivity contribution in [2.75, 3.05) is 7.11 Å². The van der Waals surface area contributed by atoms with Gasteiger partial charge in [0.25, 0.3) is 0 Å². The number of nitrogens with zero attached hydrogens (tertiary/aromatic N) is 1. The van der Waals surface area contributed by atoms with E-state index in [-0.39, 0.29) is 6.04 Å². The van der Waals surface area contributed by atoms with Gasteiger partial charge in [-0.2, -0.15) is 0 Å². The third-order valence-electron chi connectivity index (χ3n) is 3.02. The second-order valence-corrected chi connectivity index (χ2v) is 4.46. The smallest absolute Gasteiger partial charge is 0.124 e. The highest BCUT2D eigenvalue weighted by atomic mass is 16.5. The van der Waals surface area contributed by atoms with Gasteiger partial charge < -0.3 is 10.5 Å². The van der Waals surface area contributed by atoms with Crippen molar-refractivity contribution in [2.24, 2.45) is 5.73 Å². The maximum Gasteiger partial charge on any atom is 0.124 e. The molecule has 1 heterocycles. The molecule has 0 saturated carbocycles. The van der Waals surface area contributed by atoms with E-state index in [0.717, 1.165) is 28.1 Å². The van der Waals surface area contributed by atoms with Crippen LogP contribution in [0.15, 0.2) is 36.5 Å². The third kappa shape index (κ3) is 2.51. The van der Waals surface area contributed by atoms with E-state index in [1.165, 1.54) is 0 Å². The van der Waals surface area contributed by atoms with E-state index < -0.39 is 0 Å². The van der Waals surface area contributed by atoms with Crippen LogP contribution in [0.25, 0.3) is 0 Å². The molecule has 18 heavy (non-hydrogen) atoms. The maximum atomic E-state index is 6.27. The number of methoxy groups -OCH3 is 1. The first-order valence-corrected chi connectivity index (χ1v) is 5.94. The van der Waals surface area contributed by atoms with Crippen molar-refractivity contribution in [3.05, 3.63) is 58.9 Å². The molecule has 1 unspecified atom stereocenters. The van der Waals surface area contributed by atoms with Crippen molar-refractivity contribution in [1.82, 2.24) is 4.98 Å². The molecule has 0 aliphatic rings. The Morgan fingerprint density at radius 1 is 1.17 bits per heavy atom. The molecule has 94 valence electrons. The summed E-state index contributed by atoms with van der Waals surface area (Å²) in [6.45, 7) is 3.99. The zero-order valence-corrected chi connectivity index (χ0v) is 11.0. The van der Waals surface area contributed by atoms with Crippen LogP contribution >= 0.6 is 0 Å². The van der Waals surface area contributed by atoms with Crippen LogP contribution < -0.4 is 10.5 Å². The van der Waals surface area contributed by atoms with Gasteiger partial charge in [-0.3, -0.25) is 4.98 Å². The lowest BCUT2D eigenvalue weighted by atomic mass is 9.99. The highest BCUT2D eigenvalue weighted by Crippen LogP contribution is 2.28. The molecule has 1 aromatic carbocycles. The van der Waals surface area contributed by atoms with Crippen molar-refractivity contribution >= 4 is 0 Å². The lowest BCUT2D eigenvalue weighted by Gasteiger charge is -2.16. The third-order valence-corrected chi connectivity index (χ3v) is 3.02. The molecule has 0 spiro atoms. The first-order valence-electron chi connectivity index (χ1n) is 5.94. The number of aryl methyl sites for hydroxylation is 2. The fraction of sp³-hybridized carbons (Fsp3) is 0.267. The van der Waals surface area contributed by atoms with Gasteiger partial charge in [0.15, 0.2) is 0 Å². The van der Waals surface area contributed by atoms with Gasteiger partial charge >= 0.3 is 0 Å². The van der Waals surface area contributed by atoms with Crippen LogP contribution in [-0.4, -0.2) is 12.1 Å². The van der Waals surface area contributed by atoms with E-state index in [2.05, 4.69) is 4.98 Å². The summed E-state index contributed by atoms with van der Waals surface area (Å²) in [5.41, 5.74) is 10.4. The van der Waals surface area contributed by atoms with E-state index in [4.69, 9.17) is 10.5 Å². The molecule has 0 fully saturated rings. The van der Waals surface area contributed by atoms with E-state index in [9.17, 15) is 0 Å². The Morgan fingerprint density at radius 2 is 1.94 bits per heavy atom. The van der Waals surface area contributed by atoms with Gasteiger partial charge in [0, 0.05) is 17.5 Å². The average molecular weight is 242 g/mol. The molecule has 0 radical (unpaired) electrons. The standard InChI is InChI=1S/C15H18N2O/c1-10-4-7-13(14(8-10)18-3)15(16)12-6-5-11(2)17-9-12/h4-9,15H,16H2,1-3H3. The monoisotopic (exact) mass is 242 g/mol. The molecule has 3 nitrogen and oxygen atoms in total. The average Bonchev–Trinajstić information content (AvgIpc) is 2.38. The van der Waals surface area contributed by atoms with Crippen molar-refractivity contribution in [3.63, 3.8) is 0 Å². The van der Waals surface area contributed by atoms with Gasteiger partial charge in [0.2, 0.25) is 0 Å². The van der Waals surface area contributed by atoms with Crippen LogP contribution in [0.3, 0.4) is 0 Å². The minimum absolute atomic E-state index is 0.214. The highest BCUT2D eigenvalue weighted by molar-refractivity contribution is 5.43. The second kappa shape index (κ2) is 5.19. The van der Waals surface area contributed by atoms with Gasteiger partial charge in [-0.1, -0.05) is 18.2 Å². The molecule has 0 saturated heterocycles. The first-order chi connectivity index (χ1) is 8.61. The van der Waals surface area contributed by atoms with Crippen LogP contribution in [0, 0.1) is 13.8 Å². The quantitative estimate of drug-likeness (QED) is 0.900. The molecule has 1 atom stereocenters. The Morgan fingerprint density at radius 3 is 2.56 bits per heavy atom. The molecular formula is C15H18N2O. The van der Waals surface area contributed by atoms with Crippen LogP contribution in [-0.2, 0) is 0 Å². The molecule has 0 aliphatic carbocycles. The number of nitrogens with two attached hydrogens (primary N) is 1. The van der Waals surface area contributed by atoms with Gasteiger partial charge in [-0.25, -0.2) is 0 Å². The topological polar surface area (TPSA) is 48.1 Å². The van der Waals surface area contributed by atoms with E-state index in [1.54, 1.807) is 7.11 Å². The van der Waals surface area contributed by atoms with Gasteiger partial charge in [0.1, 0.15) is 5.75 Å². The fourth-order valence-corrected chi connectivity index (χ4v) is 1.92. The normalized spacial score (nSPS) is 12.2. The highest BCUT2D eigenvalue weighted by Gasteiger charge is 2.14. The number of hydrogen-bond acceptors (Lipinski definition) is 3. The number of pyridine rings is 1. The van der Waals surface area contributed by atoms with Crippen molar-refractivity contribution in [3.8, 4) is 5.75 Å². The summed E-state index contributed by atoms with van der Waals surface area (Å²) in [7, 11) is 1.67. The number of benzene rings is 1. The van der Waals surface area contributed by atoms with Crippen LogP contribution in [0.5, 0.6) is 5.75 Å². The predicted molar refractivity (Wildman–Crippen MR) is 72.7 cm³/mol. The number of rotatable bonds is 3. The Hall–Kier alpha value is -1.87. The van der Waals surface area contributed by atoms with Crippen LogP contribution in [0.2, 0.25) is 0 Å². The SMILES string of the molecule is COc1cc(C)ccc1C(N)c1ccc(C)nc1. The van der Waals surface area contributed by atoms with E-state index in [0.29, 0.717) is 0 Å². The summed E-state index contributed by atoms with van der Waals surface area (Å²) in [5.74, 6) is 0.822. The molecule has 0 amide bonds. The van der Waals surface area contributed by atoms with Gasteiger partial charge in [0.05, 0.1) is 13.2 Å². The molecule has 2 rings (SSSR count). The lowest BCUT2D eigenvalue weighted by molar-refractivity contribution is 0.407. The molecule has 2 N–H and O–H groups in total.